The maximum Gasteiger partial charge on any atom is 0.311 e. The third kappa shape index (κ3) is 4.97. The van der Waals surface area contributed by atoms with Crippen molar-refractivity contribution >= 4 is 25.4 Å². The molecule has 6 nitrogen and oxygen atoms in total. The number of aryl methyl sites for hydroxylation is 1. The van der Waals surface area contributed by atoms with Crippen molar-refractivity contribution in [3.05, 3.63) is 33.9 Å². The predicted molar refractivity (Wildman–Crippen MR) is 76.7 cm³/mol. The van der Waals surface area contributed by atoms with Crippen molar-refractivity contribution in [1.82, 2.24) is 0 Å². The SMILES string of the molecule is Cc1cccc([N+](=O)[O-])c1OCC(C)(C)CS(=O)(=O)Cl. The third-order valence-corrected chi connectivity index (χ3v) is 4.01. The summed E-state index contributed by atoms with van der Waals surface area (Å²) in [7, 11) is 1.56. The molecule has 20 heavy (non-hydrogen) atoms. The molecule has 0 atom stereocenters. The lowest BCUT2D eigenvalue weighted by atomic mass is 9.98. The number of nitro benzene ring substituents is 1. The minimum absolute atomic E-state index is 0.00461. The van der Waals surface area contributed by atoms with E-state index in [4.69, 9.17) is 15.4 Å². The van der Waals surface area contributed by atoms with Gasteiger partial charge in [0.25, 0.3) is 0 Å². The van der Waals surface area contributed by atoms with E-state index in [1.54, 1.807) is 32.9 Å². The number of rotatable bonds is 6. The van der Waals surface area contributed by atoms with Gasteiger partial charge in [0, 0.05) is 22.2 Å². The molecule has 0 aliphatic rings. The fraction of sp³-hybridized carbons (Fsp3) is 0.500. The zero-order valence-electron chi connectivity index (χ0n) is 11.4. The van der Waals surface area contributed by atoms with Crippen LogP contribution in [0.2, 0.25) is 0 Å². The van der Waals surface area contributed by atoms with E-state index in [-0.39, 0.29) is 23.8 Å². The zero-order chi connectivity index (χ0) is 15.6. The molecule has 0 bridgehead atoms. The molecule has 0 unspecified atom stereocenters. The van der Waals surface area contributed by atoms with Crippen molar-refractivity contribution in [3.8, 4) is 5.75 Å². The Morgan fingerprint density at radius 2 is 2.00 bits per heavy atom. The number of benzene rings is 1. The molecule has 0 spiro atoms. The maximum absolute atomic E-state index is 11.1. The second kappa shape index (κ2) is 5.97. The molecule has 0 radical (unpaired) electrons. The van der Waals surface area contributed by atoms with Gasteiger partial charge in [0.05, 0.1) is 17.3 Å². The summed E-state index contributed by atoms with van der Waals surface area (Å²) in [5.41, 5.74) is -0.283. The van der Waals surface area contributed by atoms with Crippen molar-refractivity contribution in [2.24, 2.45) is 5.41 Å². The average Bonchev–Trinajstić information content (AvgIpc) is 2.23. The first kappa shape index (κ1) is 16.7. The lowest BCUT2D eigenvalue weighted by Gasteiger charge is -2.23. The van der Waals surface area contributed by atoms with E-state index < -0.39 is 19.4 Å². The number of nitro groups is 1. The molecule has 8 heteroatoms. The highest BCUT2D eigenvalue weighted by atomic mass is 35.7. The van der Waals surface area contributed by atoms with E-state index in [0.29, 0.717) is 5.56 Å². The number of nitrogens with zero attached hydrogens (tertiary/aromatic N) is 1. The molecule has 1 rings (SSSR count). The topological polar surface area (TPSA) is 86.5 Å². The van der Waals surface area contributed by atoms with Crippen molar-refractivity contribution in [3.63, 3.8) is 0 Å². The van der Waals surface area contributed by atoms with Gasteiger partial charge < -0.3 is 4.74 Å². The molecular weight excluding hydrogens is 306 g/mol. The number of hydrogen-bond acceptors (Lipinski definition) is 5. The van der Waals surface area contributed by atoms with Crippen LogP contribution in [0, 0.1) is 22.5 Å². The van der Waals surface area contributed by atoms with Crippen molar-refractivity contribution in [2.75, 3.05) is 12.4 Å². The fourth-order valence-corrected chi connectivity index (χ4v) is 3.65. The Morgan fingerprint density at radius 1 is 1.40 bits per heavy atom. The van der Waals surface area contributed by atoms with Gasteiger partial charge in [-0.1, -0.05) is 26.0 Å². The van der Waals surface area contributed by atoms with Crippen LogP contribution in [0.25, 0.3) is 0 Å². The highest BCUT2D eigenvalue weighted by Gasteiger charge is 2.27. The van der Waals surface area contributed by atoms with Crippen LogP contribution < -0.4 is 4.74 Å². The van der Waals surface area contributed by atoms with Gasteiger partial charge in [-0.2, -0.15) is 0 Å². The Hall–Kier alpha value is -1.34. The van der Waals surface area contributed by atoms with E-state index in [1.165, 1.54) is 6.07 Å². The molecule has 1 aromatic rings. The molecule has 0 aliphatic carbocycles. The van der Waals surface area contributed by atoms with Gasteiger partial charge in [-0.15, -0.1) is 0 Å². The van der Waals surface area contributed by atoms with Gasteiger partial charge in [-0.25, -0.2) is 8.42 Å². The summed E-state index contributed by atoms with van der Waals surface area (Å²) in [6.07, 6.45) is 0. The van der Waals surface area contributed by atoms with Crippen molar-refractivity contribution < 1.29 is 18.1 Å². The molecule has 0 aliphatic heterocycles. The first-order chi connectivity index (χ1) is 9.02. The monoisotopic (exact) mass is 321 g/mol. The molecular formula is C12H16ClNO5S. The molecule has 0 fully saturated rings. The van der Waals surface area contributed by atoms with Crippen LogP contribution in [-0.2, 0) is 9.05 Å². The zero-order valence-corrected chi connectivity index (χ0v) is 13.0. The van der Waals surface area contributed by atoms with E-state index in [2.05, 4.69) is 0 Å². The maximum atomic E-state index is 11.1. The smallest absolute Gasteiger partial charge is 0.311 e. The normalized spacial score (nSPS) is 12.2. The summed E-state index contributed by atoms with van der Waals surface area (Å²) in [6.45, 7) is 5.02. The molecule has 0 aromatic heterocycles. The van der Waals surface area contributed by atoms with Crippen LogP contribution in [0.1, 0.15) is 19.4 Å². The summed E-state index contributed by atoms with van der Waals surface area (Å²) in [6, 6.07) is 4.59. The fourth-order valence-electron chi connectivity index (χ4n) is 1.74. The minimum atomic E-state index is -3.66. The van der Waals surface area contributed by atoms with Crippen LogP contribution in [-0.4, -0.2) is 25.7 Å². The molecule has 0 saturated heterocycles. The third-order valence-electron chi connectivity index (χ3n) is 2.56. The van der Waals surface area contributed by atoms with Crippen molar-refractivity contribution in [2.45, 2.75) is 20.8 Å². The summed E-state index contributed by atoms with van der Waals surface area (Å²) >= 11 is 0. The molecule has 0 heterocycles. The van der Waals surface area contributed by atoms with Crippen LogP contribution in [0.4, 0.5) is 5.69 Å². The molecule has 0 saturated carbocycles. The Labute approximate surface area is 122 Å². The van der Waals surface area contributed by atoms with Gasteiger partial charge in [0.1, 0.15) is 0 Å². The first-order valence-electron chi connectivity index (χ1n) is 5.81. The van der Waals surface area contributed by atoms with Crippen molar-refractivity contribution in [1.29, 1.82) is 0 Å². The number of halogens is 1. The predicted octanol–water partition coefficient (Wildman–Crippen LogP) is 2.88. The minimum Gasteiger partial charge on any atom is -0.486 e. The summed E-state index contributed by atoms with van der Waals surface area (Å²) in [5, 5.41) is 10.9. The van der Waals surface area contributed by atoms with Crippen LogP contribution >= 0.6 is 10.7 Å². The van der Waals surface area contributed by atoms with Gasteiger partial charge >= 0.3 is 5.69 Å². The number of para-hydroxylation sites is 1. The van der Waals surface area contributed by atoms with Gasteiger partial charge in [0.2, 0.25) is 9.05 Å². The molecule has 112 valence electrons. The van der Waals surface area contributed by atoms with Gasteiger partial charge in [-0.05, 0) is 12.5 Å². The number of hydrogen-bond donors (Lipinski definition) is 0. The lowest BCUT2D eigenvalue weighted by Crippen LogP contribution is -2.28. The Balaban J connectivity index is 2.93. The Morgan fingerprint density at radius 3 is 2.50 bits per heavy atom. The van der Waals surface area contributed by atoms with Crippen LogP contribution in [0.5, 0.6) is 5.75 Å². The quantitative estimate of drug-likeness (QED) is 0.457. The molecule has 0 N–H and O–H groups in total. The lowest BCUT2D eigenvalue weighted by molar-refractivity contribution is -0.386. The van der Waals surface area contributed by atoms with Gasteiger partial charge in [0.15, 0.2) is 5.75 Å². The van der Waals surface area contributed by atoms with Gasteiger partial charge in [-0.3, -0.25) is 10.1 Å². The van der Waals surface area contributed by atoms with E-state index in [1.807, 2.05) is 0 Å². The average molecular weight is 322 g/mol. The first-order valence-corrected chi connectivity index (χ1v) is 8.29. The Bertz CT molecular complexity index is 612. The highest BCUT2D eigenvalue weighted by Crippen LogP contribution is 2.32. The van der Waals surface area contributed by atoms with E-state index in [0.717, 1.165) is 0 Å². The highest BCUT2D eigenvalue weighted by molar-refractivity contribution is 8.13. The molecule has 0 amide bonds. The van der Waals surface area contributed by atoms with Crippen LogP contribution in [0.3, 0.4) is 0 Å². The standard InChI is InChI=1S/C12H16ClNO5S/c1-9-5-4-6-10(14(15)16)11(9)19-7-12(2,3)8-20(13,17)18/h4-6H,7-8H2,1-3H3. The molecule has 1 aromatic carbocycles. The summed E-state index contributed by atoms with van der Waals surface area (Å²) in [5.74, 6) is -0.126. The largest absolute Gasteiger partial charge is 0.486 e. The van der Waals surface area contributed by atoms with Crippen LogP contribution in [0.15, 0.2) is 18.2 Å². The second-order valence-electron chi connectivity index (χ2n) is 5.32. The van der Waals surface area contributed by atoms with E-state index in [9.17, 15) is 18.5 Å². The second-order valence-corrected chi connectivity index (χ2v) is 8.09. The summed E-state index contributed by atoms with van der Waals surface area (Å²) in [4.78, 5) is 10.4. The van der Waals surface area contributed by atoms with E-state index >= 15 is 0 Å². The summed E-state index contributed by atoms with van der Waals surface area (Å²) < 4.78 is 27.7. The Kier molecular flexibility index (Phi) is 4.99. The number of ether oxygens (including phenoxy) is 1.